The monoisotopic (exact) mass is 311 g/mol. The van der Waals surface area contributed by atoms with Gasteiger partial charge in [0.1, 0.15) is 11.6 Å². The lowest BCUT2D eigenvalue weighted by molar-refractivity contribution is 0.103. The van der Waals surface area contributed by atoms with Crippen LogP contribution in [0.15, 0.2) is 40.9 Å². The van der Waals surface area contributed by atoms with E-state index in [4.69, 9.17) is 5.73 Å². The number of benzene rings is 2. The van der Waals surface area contributed by atoms with E-state index in [0.29, 0.717) is 10.0 Å². The highest BCUT2D eigenvalue weighted by Crippen LogP contribution is 2.25. The van der Waals surface area contributed by atoms with E-state index in [0.717, 1.165) is 6.07 Å². The van der Waals surface area contributed by atoms with Gasteiger partial charge in [0, 0.05) is 15.6 Å². The lowest BCUT2D eigenvalue weighted by Gasteiger charge is -2.06. The molecule has 0 aliphatic carbocycles. The highest BCUT2D eigenvalue weighted by Gasteiger charge is 2.15. The molecule has 2 nitrogen and oxygen atoms in total. The quantitative estimate of drug-likeness (QED) is 0.681. The SMILES string of the molecule is Nc1cc(C(=O)c2ccc(F)cc2)c(Br)cc1F. The molecule has 2 rings (SSSR count). The number of nitrogens with two attached hydrogens (primary N) is 1. The van der Waals surface area contributed by atoms with Gasteiger partial charge < -0.3 is 5.73 Å². The molecule has 0 unspecified atom stereocenters. The summed E-state index contributed by atoms with van der Waals surface area (Å²) in [6.45, 7) is 0. The van der Waals surface area contributed by atoms with E-state index in [9.17, 15) is 13.6 Å². The summed E-state index contributed by atoms with van der Waals surface area (Å²) in [5.74, 6) is -1.38. The van der Waals surface area contributed by atoms with Gasteiger partial charge >= 0.3 is 0 Å². The molecule has 2 aromatic carbocycles. The molecule has 0 saturated heterocycles. The van der Waals surface area contributed by atoms with Crippen molar-refractivity contribution in [3.8, 4) is 0 Å². The largest absolute Gasteiger partial charge is 0.396 e. The summed E-state index contributed by atoms with van der Waals surface area (Å²) in [4.78, 5) is 12.1. The van der Waals surface area contributed by atoms with Gasteiger partial charge in [0.05, 0.1) is 5.69 Å². The highest BCUT2D eigenvalue weighted by atomic mass is 79.9. The lowest BCUT2D eigenvalue weighted by atomic mass is 10.0. The fourth-order valence-electron chi connectivity index (χ4n) is 1.50. The smallest absolute Gasteiger partial charge is 0.194 e. The van der Waals surface area contributed by atoms with Gasteiger partial charge in [0.15, 0.2) is 5.78 Å². The summed E-state index contributed by atoms with van der Waals surface area (Å²) in [6, 6.07) is 7.49. The van der Waals surface area contributed by atoms with Gasteiger partial charge in [-0.2, -0.15) is 0 Å². The molecule has 18 heavy (non-hydrogen) atoms. The van der Waals surface area contributed by atoms with Crippen molar-refractivity contribution < 1.29 is 13.6 Å². The standard InChI is InChI=1S/C13H8BrF2NO/c14-10-6-11(16)12(17)5-9(10)13(18)7-1-3-8(15)4-2-7/h1-6H,17H2. The number of carbonyl (C=O) groups is 1. The second-order valence-electron chi connectivity index (χ2n) is 3.69. The Balaban J connectivity index is 2.46. The maximum atomic E-state index is 13.2. The molecule has 0 aromatic heterocycles. The van der Waals surface area contributed by atoms with Crippen LogP contribution in [0, 0.1) is 11.6 Å². The van der Waals surface area contributed by atoms with Crippen molar-refractivity contribution in [2.24, 2.45) is 0 Å². The summed E-state index contributed by atoms with van der Waals surface area (Å²) < 4.78 is 26.2. The molecule has 0 aliphatic heterocycles. The molecule has 0 saturated carbocycles. The predicted molar refractivity (Wildman–Crippen MR) is 68.3 cm³/mol. The molecule has 5 heteroatoms. The van der Waals surface area contributed by atoms with E-state index >= 15 is 0 Å². The zero-order chi connectivity index (χ0) is 13.3. The molecule has 0 fully saturated rings. The average molecular weight is 312 g/mol. The van der Waals surface area contributed by atoms with Crippen molar-refractivity contribution in [1.29, 1.82) is 0 Å². The fourth-order valence-corrected chi connectivity index (χ4v) is 1.99. The Hall–Kier alpha value is -1.75. The minimum Gasteiger partial charge on any atom is -0.396 e. The molecular formula is C13H8BrF2NO. The minimum atomic E-state index is -0.600. The Morgan fingerprint density at radius 2 is 1.72 bits per heavy atom. The van der Waals surface area contributed by atoms with Crippen molar-refractivity contribution in [1.82, 2.24) is 0 Å². The topological polar surface area (TPSA) is 43.1 Å². The number of nitrogen functional groups attached to an aromatic ring is 1. The second kappa shape index (κ2) is 4.86. The lowest BCUT2D eigenvalue weighted by Crippen LogP contribution is -2.04. The van der Waals surface area contributed by atoms with E-state index in [1.54, 1.807) is 0 Å². The van der Waals surface area contributed by atoms with Crippen LogP contribution in [0.2, 0.25) is 0 Å². The van der Waals surface area contributed by atoms with Gasteiger partial charge in [0.25, 0.3) is 0 Å². The average Bonchev–Trinajstić information content (AvgIpc) is 2.34. The highest BCUT2D eigenvalue weighted by molar-refractivity contribution is 9.10. The summed E-state index contributed by atoms with van der Waals surface area (Å²) in [7, 11) is 0. The van der Waals surface area contributed by atoms with Crippen LogP contribution in [0.4, 0.5) is 14.5 Å². The van der Waals surface area contributed by atoms with E-state index in [1.165, 1.54) is 30.3 Å². The first kappa shape index (κ1) is 12.7. The minimum absolute atomic E-state index is 0.108. The molecule has 0 atom stereocenters. The Morgan fingerprint density at radius 3 is 2.33 bits per heavy atom. The number of hydrogen-bond donors (Lipinski definition) is 1. The van der Waals surface area contributed by atoms with Crippen LogP contribution < -0.4 is 5.73 Å². The zero-order valence-electron chi connectivity index (χ0n) is 9.08. The van der Waals surface area contributed by atoms with Crippen molar-refractivity contribution in [2.45, 2.75) is 0 Å². The van der Waals surface area contributed by atoms with Gasteiger partial charge in [-0.1, -0.05) is 0 Å². The Labute approximate surface area is 111 Å². The van der Waals surface area contributed by atoms with Gasteiger partial charge in [-0.25, -0.2) is 8.78 Å². The first-order chi connectivity index (χ1) is 8.49. The molecule has 2 N–H and O–H groups in total. The van der Waals surface area contributed by atoms with E-state index < -0.39 is 11.6 Å². The number of carbonyl (C=O) groups excluding carboxylic acids is 1. The molecule has 92 valence electrons. The Morgan fingerprint density at radius 1 is 1.11 bits per heavy atom. The van der Waals surface area contributed by atoms with Crippen LogP contribution >= 0.6 is 15.9 Å². The van der Waals surface area contributed by atoms with Crippen molar-refractivity contribution >= 4 is 27.4 Å². The van der Waals surface area contributed by atoms with Crippen molar-refractivity contribution in [3.05, 3.63) is 63.6 Å². The molecule has 0 amide bonds. The third-order valence-electron chi connectivity index (χ3n) is 2.44. The van der Waals surface area contributed by atoms with E-state index in [2.05, 4.69) is 15.9 Å². The molecule has 0 radical (unpaired) electrons. The summed E-state index contributed by atoms with van der Waals surface area (Å²) >= 11 is 3.10. The van der Waals surface area contributed by atoms with Crippen LogP contribution in [0.5, 0.6) is 0 Å². The predicted octanol–water partition coefficient (Wildman–Crippen LogP) is 3.54. The number of rotatable bonds is 2. The van der Waals surface area contributed by atoms with Crippen LogP contribution in [0.1, 0.15) is 15.9 Å². The van der Waals surface area contributed by atoms with E-state index in [-0.39, 0.29) is 17.0 Å². The first-order valence-corrected chi connectivity index (χ1v) is 5.83. The Bertz CT molecular complexity index is 611. The Kier molecular flexibility index (Phi) is 3.43. The number of ketones is 1. The summed E-state index contributed by atoms with van der Waals surface area (Å²) in [5, 5.41) is 0. The molecule has 0 spiro atoms. The van der Waals surface area contributed by atoms with Crippen LogP contribution in [0.3, 0.4) is 0 Å². The number of anilines is 1. The first-order valence-electron chi connectivity index (χ1n) is 5.04. The van der Waals surface area contributed by atoms with Crippen LogP contribution in [0.25, 0.3) is 0 Å². The molecule has 0 aliphatic rings. The summed E-state index contributed by atoms with van der Waals surface area (Å²) in [5.41, 5.74) is 5.86. The van der Waals surface area contributed by atoms with Gasteiger partial charge in [-0.05, 0) is 52.3 Å². The second-order valence-corrected chi connectivity index (χ2v) is 4.54. The maximum absolute atomic E-state index is 13.2. The maximum Gasteiger partial charge on any atom is 0.194 e. The number of halogens is 3. The fraction of sp³-hybridized carbons (Fsp3) is 0. The van der Waals surface area contributed by atoms with E-state index in [1.807, 2.05) is 0 Å². The molecule has 0 heterocycles. The normalized spacial score (nSPS) is 10.4. The third-order valence-corrected chi connectivity index (χ3v) is 3.09. The zero-order valence-corrected chi connectivity index (χ0v) is 10.7. The molecule has 2 aromatic rings. The third kappa shape index (κ3) is 2.41. The molecular weight excluding hydrogens is 304 g/mol. The van der Waals surface area contributed by atoms with Gasteiger partial charge in [0.2, 0.25) is 0 Å². The van der Waals surface area contributed by atoms with Gasteiger partial charge in [-0.3, -0.25) is 4.79 Å². The van der Waals surface area contributed by atoms with Crippen molar-refractivity contribution in [2.75, 3.05) is 5.73 Å². The number of hydrogen-bond acceptors (Lipinski definition) is 2. The molecule has 0 bridgehead atoms. The summed E-state index contributed by atoms with van der Waals surface area (Å²) in [6.07, 6.45) is 0. The van der Waals surface area contributed by atoms with Gasteiger partial charge in [-0.15, -0.1) is 0 Å². The van der Waals surface area contributed by atoms with Crippen LogP contribution in [-0.2, 0) is 0 Å². The van der Waals surface area contributed by atoms with Crippen molar-refractivity contribution in [3.63, 3.8) is 0 Å². The van der Waals surface area contributed by atoms with Crippen LogP contribution in [-0.4, -0.2) is 5.78 Å².